The molecule has 0 aliphatic heterocycles. The molecule has 8 heteroatoms. The molecule has 0 saturated carbocycles. The highest BCUT2D eigenvalue weighted by Crippen LogP contribution is 2.28. The second kappa shape index (κ2) is 6.91. The predicted molar refractivity (Wildman–Crippen MR) is 83.0 cm³/mol. The molecule has 2 N–H and O–H groups in total. The molecule has 0 spiro atoms. The molecule has 0 amide bonds. The maximum atomic E-state index is 13.5. The van der Waals surface area contributed by atoms with Crippen LogP contribution in [-0.4, -0.2) is 16.6 Å². The maximum absolute atomic E-state index is 13.5. The fraction of sp³-hybridized carbons (Fsp3) is 0.143. The largest absolute Gasteiger partial charge is 0.387 e. The molecule has 0 bridgehead atoms. The molecule has 0 saturated heterocycles. The lowest BCUT2D eigenvalue weighted by molar-refractivity contribution is -0.386. The number of nitrogens with one attached hydrogen (secondary N) is 1. The van der Waals surface area contributed by atoms with Gasteiger partial charge in [0.2, 0.25) is 5.82 Å². The molecular formula is C14H11Cl2FN2O3. The Balaban J connectivity index is 2.16. The molecule has 2 aromatic carbocycles. The first-order valence-corrected chi connectivity index (χ1v) is 6.95. The van der Waals surface area contributed by atoms with Crippen molar-refractivity contribution in [2.75, 3.05) is 11.9 Å². The summed E-state index contributed by atoms with van der Waals surface area (Å²) in [5, 5.41) is 24.3. The Morgan fingerprint density at radius 1 is 1.27 bits per heavy atom. The Hall–Kier alpha value is -1.89. The Morgan fingerprint density at radius 3 is 2.50 bits per heavy atom. The highest BCUT2D eigenvalue weighted by Gasteiger charge is 2.20. The molecule has 0 radical (unpaired) electrons. The summed E-state index contributed by atoms with van der Waals surface area (Å²) >= 11 is 11.7. The van der Waals surface area contributed by atoms with Gasteiger partial charge in [0.1, 0.15) is 5.69 Å². The van der Waals surface area contributed by atoms with Crippen LogP contribution >= 0.6 is 23.2 Å². The molecule has 1 unspecified atom stereocenters. The molecule has 0 heterocycles. The molecule has 0 aliphatic carbocycles. The Morgan fingerprint density at radius 2 is 1.91 bits per heavy atom. The van der Waals surface area contributed by atoms with Gasteiger partial charge in [-0.2, -0.15) is 4.39 Å². The van der Waals surface area contributed by atoms with Gasteiger partial charge in [0, 0.05) is 16.6 Å². The third kappa shape index (κ3) is 3.85. The normalized spacial score (nSPS) is 12.0. The Bertz CT molecular complexity index is 692. The van der Waals surface area contributed by atoms with Crippen molar-refractivity contribution in [1.29, 1.82) is 0 Å². The summed E-state index contributed by atoms with van der Waals surface area (Å²) in [6.07, 6.45) is -1.01. The number of nitrogens with zero attached hydrogens (tertiary/aromatic N) is 1. The summed E-state index contributed by atoms with van der Waals surface area (Å²) in [5.74, 6) is -0.949. The molecule has 116 valence electrons. The number of hydrogen-bond donors (Lipinski definition) is 2. The summed E-state index contributed by atoms with van der Waals surface area (Å²) in [7, 11) is 0. The van der Waals surface area contributed by atoms with Crippen LogP contribution in [0.3, 0.4) is 0 Å². The van der Waals surface area contributed by atoms with Crippen molar-refractivity contribution in [3.05, 3.63) is 67.9 Å². The number of halogens is 3. The minimum atomic E-state index is -1.01. The van der Waals surface area contributed by atoms with E-state index in [0.717, 1.165) is 6.07 Å². The first-order chi connectivity index (χ1) is 10.4. The van der Waals surface area contributed by atoms with Gasteiger partial charge in [0.15, 0.2) is 0 Å². The lowest BCUT2D eigenvalue weighted by Crippen LogP contribution is -2.13. The quantitative estimate of drug-likeness (QED) is 0.629. The first kappa shape index (κ1) is 16.5. The molecule has 0 aromatic heterocycles. The topological polar surface area (TPSA) is 75.4 Å². The number of para-hydroxylation sites is 1. The number of rotatable bonds is 5. The molecule has 0 fully saturated rings. The van der Waals surface area contributed by atoms with Crippen molar-refractivity contribution in [3.63, 3.8) is 0 Å². The van der Waals surface area contributed by atoms with Crippen molar-refractivity contribution in [2.45, 2.75) is 6.10 Å². The second-order valence-corrected chi connectivity index (χ2v) is 5.37. The van der Waals surface area contributed by atoms with Gasteiger partial charge in [0.05, 0.1) is 11.0 Å². The average molecular weight is 345 g/mol. The van der Waals surface area contributed by atoms with E-state index in [-0.39, 0.29) is 12.2 Å². The lowest BCUT2D eigenvalue weighted by atomic mass is 10.1. The van der Waals surface area contributed by atoms with Crippen LogP contribution in [0.25, 0.3) is 0 Å². The zero-order valence-electron chi connectivity index (χ0n) is 11.1. The summed E-state index contributed by atoms with van der Waals surface area (Å²) < 4.78 is 13.5. The van der Waals surface area contributed by atoms with E-state index in [0.29, 0.717) is 15.6 Å². The van der Waals surface area contributed by atoms with E-state index >= 15 is 0 Å². The van der Waals surface area contributed by atoms with Gasteiger partial charge in [-0.3, -0.25) is 10.1 Å². The molecule has 22 heavy (non-hydrogen) atoms. The number of aliphatic hydroxyl groups excluding tert-OH is 1. The highest BCUT2D eigenvalue weighted by molar-refractivity contribution is 6.34. The van der Waals surface area contributed by atoms with Gasteiger partial charge >= 0.3 is 5.69 Å². The number of anilines is 1. The van der Waals surface area contributed by atoms with Gasteiger partial charge < -0.3 is 10.4 Å². The van der Waals surface area contributed by atoms with Gasteiger partial charge in [-0.15, -0.1) is 0 Å². The number of nitro groups is 1. The van der Waals surface area contributed by atoms with Gasteiger partial charge in [-0.05, 0) is 35.9 Å². The molecule has 2 aromatic rings. The van der Waals surface area contributed by atoms with Crippen LogP contribution in [-0.2, 0) is 0 Å². The van der Waals surface area contributed by atoms with E-state index in [1.807, 2.05) is 0 Å². The second-order valence-electron chi connectivity index (χ2n) is 4.49. The monoisotopic (exact) mass is 344 g/mol. The number of nitro benzene ring substituents is 1. The van der Waals surface area contributed by atoms with E-state index < -0.39 is 22.5 Å². The van der Waals surface area contributed by atoms with Crippen LogP contribution in [0, 0.1) is 15.9 Å². The number of hydrogen-bond acceptors (Lipinski definition) is 4. The van der Waals surface area contributed by atoms with Crippen molar-refractivity contribution < 1.29 is 14.4 Å². The van der Waals surface area contributed by atoms with Crippen molar-refractivity contribution >= 4 is 34.6 Å². The van der Waals surface area contributed by atoms with Gasteiger partial charge in [-0.25, -0.2) is 0 Å². The summed E-state index contributed by atoms with van der Waals surface area (Å²) in [4.78, 5) is 10.1. The summed E-state index contributed by atoms with van der Waals surface area (Å²) in [6, 6.07) is 8.27. The highest BCUT2D eigenvalue weighted by atomic mass is 35.5. The van der Waals surface area contributed by atoms with Crippen molar-refractivity contribution in [2.24, 2.45) is 0 Å². The van der Waals surface area contributed by atoms with Crippen molar-refractivity contribution in [1.82, 2.24) is 0 Å². The Kier molecular flexibility index (Phi) is 5.18. The summed E-state index contributed by atoms with van der Waals surface area (Å²) in [6.45, 7) is -0.0685. The standard InChI is InChI=1S/C14H11Cl2FN2O3/c15-9-4-8(5-10(16)6-9)13(20)7-18-12-3-1-2-11(17)14(12)19(21)22/h1-6,13,18,20H,7H2. The number of benzene rings is 2. The minimum Gasteiger partial charge on any atom is -0.387 e. The molecule has 0 aliphatic rings. The fourth-order valence-corrected chi connectivity index (χ4v) is 2.48. The molecule has 5 nitrogen and oxygen atoms in total. The lowest BCUT2D eigenvalue weighted by Gasteiger charge is -2.14. The maximum Gasteiger partial charge on any atom is 0.327 e. The van der Waals surface area contributed by atoms with E-state index in [2.05, 4.69) is 5.32 Å². The van der Waals surface area contributed by atoms with Crippen LogP contribution in [0.15, 0.2) is 36.4 Å². The Labute approximate surface area is 135 Å². The molecule has 1 atom stereocenters. The zero-order chi connectivity index (χ0) is 16.3. The van der Waals surface area contributed by atoms with Crippen LogP contribution in [0.4, 0.5) is 15.8 Å². The first-order valence-electron chi connectivity index (χ1n) is 6.19. The van der Waals surface area contributed by atoms with Crippen molar-refractivity contribution in [3.8, 4) is 0 Å². The van der Waals surface area contributed by atoms with Crippen LogP contribution in [0.2, 0.25) is 10.0 Å². The van der Waals surface area contributed by atoms with E-state index in [4.69, 9.17) is 23.2 Å². The van der Waals surface area contributed by atoms with Crippen LogP contribution in [0.5, 0.6) is 0 Å². The predicted octanol–water partition coefficient (Wildman–Crippen LogP) is 4.19. The fourth-order valence-electron chi connectivity index (χ4n) is 1.94. The van der Waals surface area contributed by atoms with E-state index in [1.54, 1.807) is 0 Å². The van der Waals surface area contributed by atoms with Crippen LogP contribution < -0.4 is 5.32 Å². The summed E-state index contributed by atoms with van der Waals surface area (Å²) in [5.41, 5.74) is -0.236. The third-order valence-electron chi connectivity index (χ3n) is 2.92. The smallest absolute Gasteiger partial charge is 0.327 e. The average Bonchev–Trinajstić information content (AvgIpc) is 2.43. The SMILES string of the molecule is O=[N+]([O-])c1c(F)cccc1NCC(O)c1cc(Cl)cc(Cl)c1. The number of aliphatic hydroxyl groups is 1. The van der Waals surface area contributed by atoms with Gasteiger partial charge in [0.25, 0.3) is 0 Å². The van der Waals surface area contributed by atoms with E-state index in [1.165, 1.54) is 30.3 Å². The van der Waals surface area contributed by atoms with E-state index in [9.17, 15) is 19.6 Å². The van der Waals surface area contributed by atoms with Crippen LogP contribution in [0.1, 0.15) is 11.7 Å². The molecular weight excluding hydrogens is 334 g/mol. The third-order valence-corrected chi connectivity index (χ3v) is 3.36. The minimum absolute atomic E-state index is 0.0165. The van der Waals surface area contributed by atoms with Gasteiger partial charge in [-0.1, -0.05) is 29.3 Å². The zero-order valence-corrected chi connectivity index (χ0v) is 12.6. The molecule has 2 rings (SSSR count).